The Morgan fingerprint density at radius 3 is 2.88 bits per heavy atom. The number of benzene rings is 1. The third-order valence-corrected chi connectivity index (χ3v) is 3.89. The zero-order valence-corrected chi connectivity index (χ0v) is 12.8. The summed E-state index contributed by atoms with van der Waals surface area (Å²) in [7, 11) is 0. The third-order valence-electron chi connectivity index (χ3n) is 3.89. The fourth-order valence-electron chi connectivity index (χ4n) is 2.71. The molecular formula is C19H15FN4. The van der Waals surface area contributed by atoms with Crippen LogP contribution in [-0.4, -0.2) is 15.0 Å². The van der Waals surface area contributed by atoms with E-state index >= 15 is 0 Å². The van der Waals surface area contributed by atoms with E-state index in [1.807, 2.05) is 36.7 Å². The van der Waals surface area contributed by atoms with Crippen LogP contribution in [0.4, 0.5) is 10.1 Å². The lowest BCUT2D eigenvalue weighted by Crippen LogP contribution is -2.00. The smallest absolute Gasteiger partial charge is 0.138 e. The van der Waals surface area contributed by atoms with Gasteiger partial charge in [-0.05, 0) is 29.8 Å². The van der Waals surface area contributed by atoms with Crippen LogP contribution in [0.1, 0.15) is 5.56 Å². The van der Waals surface area contributed by atoms with Gasteiger partial charge in [-0.1, -0.05) is 18.2 Å². The van der Waals surface area contributed by atoms with E-state index in [9.17, 15) is 4.39 Å². The average molecular weight is 318 g/mol. The van der Waals surface area contributed by atoms with Gasteiger partial charge < -0.3 is 10.3 Å². The van der Waals surface area contributed by atoms with Crippen molar-refractivity contribution in [3.8, 4) is 11.1 Å². The Morgan fingerprint density at radius 1 is 1.08 bits per heavy atom. The van der Waals surface area contributed by atoms with Gasteiger partial charge in [-0.3, -0.25) is 4.98 Å². The fourth-order valence-corrected chi connectivity index (χ4v) is 2.71. The molecular weight excluding hydrogens is 303 g/mol. The van der Waals surface area contributed by atoms with E-state index in [0.717, 1.165) is 33.4 Å². The van der Waals surface area contributed by atoms with Gasteiger partial charge in [0.2, 0.25) is 0 Å². The summed E-state index contributed by atoms with van der Waals surface area (Å²) in [6.07, 6.45) is 7.29. The number of fused-ring (bicyclic) bond motifs is 1. The van der Waals surface area contributed by atoms with Crippen molar-refractivity contribution in [3.05, 3.63) is 78.6 Å². The van der Waals surface area contributed by atoms with Crippen LogP contribution < -0.4 is 5.32 Å². The molecule has 0 saturated carbocycles. The molecule has 4 aromatic rings. The Bertz CT molecular complexity index is 979. The zero-order valence-electron chi connectivity index (χ0n) is 12.8. The second-order valence-electron chi connectivity index (χ2n) is 5.55. The predicted molar refractivity (Wildman–Crippen MR) is 93.1 cm³/mol. The van der Waals surface area contributed by atoms with Crippen molar-refractivity contribution < 1.29 is 4.39 Å². The number of anilines is 1. The minimum absolute atomic E-state index is 0.229. The van der Waals surface area contributed by atoms with Crippen LogP contribution in [0.15, 0.2) is 67.3 Å². The van der Waals surface area contributed by atoms with Gasteiger partial charge in [0.15, 0.2) is 0 Å². The second kappa shape index (κ2) is 6.12. The largest absolute Gasteiger partial charge is 0.380 e. The second-order valence-corrected chi connectivity index (χ2v) is 5.55. The molecule has 4 rings (SSSR count). The Labute approximate surface area is 138 Å². The number of aromatic amines is 1. The molecule has 0 radical (unpaired) electrons. The van der Waals surface area contributed by atoms with Crippen LogP contribution in [-0.2, 0) is 6.54 Å². The van der Waals surface area contributed by atoms with Gasteiger partial charge in [-0.25, -0.2) is 9.37 Å². The number of aromatic nitrogens is 3. The number of rotatable bonds is 4. The lowest BCUT2D eigenvalue weighted by molar-refractivity contribution is 0.626. The summed E-state index contributed by atoms with van der Waals surface area (Å²) < 4.78 is 13.3. The first-order valence-electron chi connectivity index (χ1n) is 7.65. The zero-order chi connectivity index (χ0) is 16.4. The van der Waals surface area contributed by atoms with Crippen molar-refractivity contribution in [1.82, 2.24) is 15.0 Å². The standard InChI is InChI=1S/C19H15FN4/c20-15-5-1-3-13(7-15)9-22-16-8-17-18(12-24-19(17)23-11-16)14-4-2-6-21-10-14/h1-8,10-12,22H,9H2,(H,23,24). The summed E-state index contributed by atoms with van der Waals surface area (Å²) in [5.41, 5.74) is 4.69. The highest BCUT2D eigenvalue weighted by atomic mass is 19.1. The summed E-state index contributed by atoms with van der Waals surface area (Å²) in [5, 5.41) is 4.31. The summed E-state index contributed by atoms with van der Waals surface area (Å²) in [5.74, 6) is -0.229. The Morgan fingerprint density at radius 2 is 2.04 bits per heavy atom. The maximum absolute atomic E-state index is 13.3. The Kier molecular flexibility index (Phi) is 3.67. The van der Waals surface area contributed by atoms with E-state index in [-0.39, 0.29) is 5.82 Å². The van der Waals surface area contributed by atoms with E-state index in [0.29, 0.717) is 6.54 Å². The van der Waals surface area contributed by atoms with Crippen molar-refractivity contribution in [2.75, 3.05) is 5.32 Å². The molecule has 0 unspecified atom stereocenters. The lowest BCUT2D eigenvalue weighted by Gasteiger charge is -2.07. The minimum Gasteiger partial charge on any atom is -0.380 e. The predicted octanol–water partition coefficient (Wildman–Crippen LogP) is 4.38. The molecule has 0 aliphatic heterocycles. The monoisotopic (exact) mass is 318 g/mol. The van der Waals surface area contributed by atoms with Crippen LogP contribution in [0.3, 0.4) is 0 Å². The highest BCUT2D eigenvalue weighted by Crippen LogP contribution is 2.28. The molecule has 24 heavy (non-hydrogen) atoms. The number of nitrogens with one attached hydrogen (secondary N) is 2. The molecule has 0 amide bonds. The van der Waals surface area contributed by atoms with E-state index in [4.69, 9.17) is 0 Å². The first-order chi connectivity index (χ1) is 11.8. The summed E-state index contributed by atoms with van der Waals surface area (Å²) in [4.78, 5) is 11.8. The molecule has 0 fully saturated rings. The van der Waals surface area contributed by atoms with Gasteiger partial charge in [0, 0.05) is 41.6 Å². The van der Waals surface area contributed by atoms with Gasteiger partial charge >= 0.3 is 0 Å². The maximum atomic E-state index is 13.3. The van der Waals surface area contributed by atoms with Crippen molar-refractivity contribution >= 4 is 16.7 Å². The van der Waals surface area contributed by atoms with Gasteiger partial charge in [0.25, 0.3) is 0 Å². The quantitative estimate of drug-likeness (QED) is 0.587. The SMILES string of the molecule is Fc1cccc(CNc2cnc3[nH]cc(-c4cccnc4)c3c2)c1. The van der Waals surface area contributed by atoms with Crippen molar-refractivity contribution in [2.45, 2.75) is 6.54 Å². The van der Waals surface area contributed by atoms with Crippen LogP contribution in [0.5, 0.6) is 0 Å². The average Bonchev–Trinajstić information content (AvgIpc) is 3.04. The molecule has 1 aromatic carbocycles. The molecule has 4 nitrogen and oxygen atoms in total. The molecule has 0 aliphatic rings. The van der Waals surface area contributed by atoms with Crippen molar-refractivity contribution in [2.24, 2.45) is 0 Å². The number of pyridine rings is 2. The molecule has 0 atom stereocenters. The topological polar surface area (TPSA) is 53.6 Å². The van der Waals surface area contributed by atoms with Crippen LogP contribution in [0.2, 0.25) is 0 Å². The Balaban J connectivity index is 1.63. The molecule has 2 N–H and O–H groups in total. The molecule has 0 spiro atoms. The number of nitrogens with zero attached hydrogens (tertiary/aromatic N) is 2. The third kappa shape index (κ3) is 2.84. The summed E-state index contributed by atoms with van der Waals surface area (Å²) >= 11 is 0. The van der Waals surface area contributed by atoms with Crippen molar-refractivity contribution in [1.29, 1.82) is 0 Å². The lowest BCUT2D eigenvalue weighted by atomic mass is 10.1. The molecule has 0 saturated heterocycles. The van der Waals surface area contributed by atoms with Crippen LogP contribution in [0.25, 0.3) is 22.2 Å². The summed E-state index contributed by atoms with van der Waals surface area (Å²) in [6.45, 7) is 0.539. The molecule has 0 aliphatic carbocycles. The van der Waals surface area contributed by atoms with Gasteiger partial charge in [-0.15, -0.1) is 0 Å². The van der Waals surface area contributed by atoms with Crippen molar-refractivity contribution in [3.63, 3.8) is 0 Å². The number of H-pyrrole nitrogens is 1. The fraction of sp³-hybridized carbons (Fsp3) is 0.0526. The maximum Gasteiger partial charge on any atom is 0.138 e. The van der Waals surface area contributed by atoms with Gasteiger partial charge in [-0.2, -0.15) is 0 Å². The van der Waals surface area contributed by atoms with E-state index in [2.05, 4.69) is 20.3 Å². The van der Waals surface area contributed by atoms with E-state index in [1.54, 1.807) is 18.5 Å². The molecule has 0 bridgehead atoms. The van der Waals surface area contributed by atoms with Crippen LogP contribution in [0, 0.1) is 5.82 Å². The number of halogens is 1. The van der Waals surface area contributed by atoms with Gasteiger partial charge in [0.1, 0.15) is 11.5 Å². The Hall–Kier alpha value is -3.21. The number of hydrogen-bond acceptors (Lipinski definition) is 3. The van der Waals surface area contributed by atoms with Crippen LogP contribution >= 0.6 is 0 Å². The first-order valence-corrected chi connectivity index (χ1v) is 7.65. The van der Waals surface area contributed by atoms with E-state index in [1.165, 1.54) is 12.1 Å². The van der Waals surface area contributed by atoms with Gasteiger partial charge in [0.05, 0.1) is 11.9 Å². The molecule has 3 heterocycles. The number of hydrogen-bond donors (Lipinski definition) is 2. The highest BCUT2D eigenvalue weighted by molar-refractivity contribution is 5.94. The first kappa shape index (κ1) is 14.4. The molecule has 5 heteroatoms. The molecule has 118 valence electrons. The van der Waals surface area contributed by atoms with E-state index < -0.39 is 0 Å². The minimum atomic E-state index is -0.229. The normalized spacial score (nSPS) is 10.9. The summed E-state index contributed by atoms with van der Waals surface area (Å²) in [6, 6.07) is 12.5. The molecule has 3 aromatic heterocycles. The highest BCUT2D eigenvalue weighted by Gasteiger charge is 2.08.